The third-order valence-corrected chi connectivity index (χ3v) is 18.3. The van der Waals surface area contributed by atoms with Gasteiger partial charge in [-0.2, -0.15) is 0 Å². The van der Waals surface area contributed by atoms with Gasteiger partial charge in [0.2, 0.25) is 0 Å². The van der Waals surface area contributed by atoms with E-state index in [1.165, 1.54) is 45.8 Å². The van der Waals surface area contributed by atoms with Gasteiger partial charge < -0.3 is 57.5 Å². The molecule has 0 unspecified atom stereocenters. The zero-order chi connectivity index (χ0) is 77.8. The number of hydroxylamine groups is 1. The topological polar surface area (TPSA) is 292 Å². The van der Waals surface area contributed by atoms with Gasteiger partial charge in [-0.05, 0) is 90.8 Å². The van der Waals surface area contributed by atoms with Crippen LogP contribution in [-0.2, 0) is 48.7 Å². The third kappa shape index (κ3) is 18.1. The number of nitrogens with one attached hydrogen (secondary N) is 2. The number of alkyl halides is 1. The van der Waals surface area contributed by atoms with Crippen LogP contribution in [0.25, 0.3) is 87.2 Å². The molecule has 10 aromatic carbocycles. The van der Waals surface area contributed by atoms with Crippen molar-refractivity contribution in [2.24, 2.45) is 5.73 Å². The molecule has 0 aliphatic carbocycles. The molecule has 17 aromatic rings. The second-order valence-corrected chi connectivity index (χ2v) is 25.4. The molecule has 0 fully saturated rings. The lowest BCUT2D eigenvalue weighted by Crippen LogP contribution is -2.23. The van der Waals surface area contributed by atoms with Crippen LogP contribution in [0, 0.1) is 24.7 Å². The van der Waals surface area contributed by atoms with Crippen LogP contribution in [-0.4, -0.2) is 92.8 Å². The minimum Gasteiger partial charge on any atom is -0.476 e. The number of hydrogen-bond donors (Lipinski definition) is 5. The standard InChI is InChI=1S/C25H20N4O4.C19H16N2O3.C17H12N2O3.C15H11N.C9H11NO2.C3H3Br.ClH/c30-24(27-32)17-11-9-16(10-12-17)14-26-25(31)21-13-18(33-28-21)15-29-22-7-3-1-5-19(22)20-6-2-4-8-23(20)29;1-2-23-19(22)16-11-13(24-20-16)12-21-17-9-5-3-7-14(17)15-8-4-6-10-18(15)21;20-17(21)14-9-11(22-18-14)10-19-15-7-3-1-5-12(15)13-6-2-4-8-16(13)19;1-2-11-16-14-9-5-3-7-12(14)13-8-4-6-10-15(13)16;1-12-9(11)8-4-2-7(6-10)3-5-8;1-2-3-4;/h1-13,32H,14-15H2,(H,26,31)(H,27,30);3-11H,2,12H2,1H3;1-9H,10H2,(H,20,21);1,3-10H,11H2;2-5H,6,10H2,1H3;1H,3H2;1H. The predicted octanol–water partition coefficient (Wildman–Crippen LogP) is 17.2. The zero-order valence-corrected chi connectivity index (χ0v) is 63.0. The van der Waals surface area contributed by atoms with Gasteiger partial charge in [-0.3, -0.25) is 14.8 Å². The van der Waals surface area contributed by atoms with E-state index in [0.29, 0.717) is 73.1 Å². The fourth-order valence-electron chi connectivity index (χ4n) is 12.9. The summed E-state index contributed by atoms with van der Waals surface area (Å²) in [5.74, 6) is 3.95. The number of aromatic nitrogens is 7. The molecule has 22 nitrogen and oxygen atoms in total. The Hall–Kier alpha value is -13.8. The summed E-state index contributed by atoms with van der Waals surface area (Å²) >= 11 is 3.01. The molecular formula is C88H74BrClN10O12. The highest BCUT2D eigenvalue weighted by Gasteiger charge is 2.20. The molecule has 112 heavy (non-hydrogen) atoms. The second-order valence-electron chi connectivity index (χ2n) is 24.8. The van der Waals surface area contributed by atoms with Crippen molar-refractivity contribution in [2.75, 3.05) is 19.0 Å². The number of esters is 2. The molecule has 0 saturated heterocycles. The summed E-state index contributed by atoms with van der Waals surface area (Å²) in [6.07, 6.45) is 10.2. The first-order valence-electron chi connectivity index (χ1n) is 35.0. The number of carboxylic acids is 1. The molecule has 17 rings (SSSR count). The van der Waals surface area contributed by atoms with Gasteiger partial charge in [0.05, 0.1) is 50.8 Å². The molecule has 0 saturated carbocycles. The SMILES string of the molecule is C#CCBr.C#CCn1c2ccccc2c2ccccc21.CCOC(=O)c1cc(Cn2c3ccccc3c3ccccc32)on1.COC(=O)c1ccc(CN)cc1.Cl.O=C(NO)c1ccc(CNC(=O)c2cc(Cn3c4ccccc4c4ccccc43)on2)cc1.O=C(O)c1cc(Cn2c3ccccc3c3ccccc32)on1. The van der Waals surface area contributed by atoms with Crippen LogP contribution < -0.4 is 16.5 Å². The Morgan fingerprint density at radius 1 is 0.455 bits per heavy atom. The number of aromatic carboxylic acids is 1. The number of benzene rings is 10. The summed E-state index contributed by atoms with van der Waals surface area (Å²) < 4.78 is 34.0. The maximum atomic E-state index is 12.5. The molecule has 0 bridgehead atoms. The highest BCUT2D eigenvalue weighted by Crippen LogP contribution is 2.34. The first-order chi connectivity index (χ1) is 54.3. The molecule has 0 aliphatic heterocycles. The number of rotatable bonds is 16. The summed E-state index contributed by atoms with van der Waals surface area (Å²) in [6.45, 7) is 4.83. The lowest BCUT2D eigenvalue weighted by atomic mass is 10.1. The van der Waals surface area contributed by atoms with Crippen LogP contribution in [0.1, 0.15) is 87.5 Å². The smallest absolute Gasteiger partial charge is 0.360 e. The van der Waals surface area contributed by atoms with Gasteiger partial charge in [-0.25, -0.2) is 19.9 Å². The summed E-state index contributed by atoms with van der Waals surface area (Å²) in [6, 6.07) is 84.1. The molecule has 6 N–H and O–H groups in total. The fourth-order valence-corrected chi connectivity index (χ4v) is 12.9. The number of terminal acetylenes is 2. The summed E-state index contributed by atoms with van der Waals surface area (Å²) in [5, 5.41) is 42.0. The normalized spacial score (nSPS) is 10.6. The summed E-state index contributed by atoms with van der Waals surface area (Å²) in [7, 11) is 1.36. The number of nitrogens with zero attached hydrogens (tertiary/aromatic N) is 7. The number of amides is 2. The van der Waals surface area contributed by atoms with Gasteiger partial charge in [0.15, 0.2) is 34.4 Å². The summed E-state index contributed by atoms with van der Waals surface area (Å²) in [4.78, 5) is 57.5. The van der Waals surface area contributed by atoms with Gasteiger partial charge in [0.25, 0.3) is 11.8 Å². The van der Waals surface area contributed by atoms with Gasteiger partial charge >= 0.3 is 17.9 Å². The van der Waals surface area contributed by atoms with Crippen molar-refractivity contribution in [3.8, 4) is 24.7 Å². The number of fused-ring (bicyclic) bond motifs is 12. The quantitative estimate of drug-likeness (QED) is 0.0197. The molecule has 2 amide bonds. The first-order valence-corrected chi connectivity index (χ1v) is 36.1. The number of ether oxygens (including phenoxy) is 2. The van der Waals surface area contributed by atoms with E-state index < -0.39 is 17.8 Å². The van der Waals surface area contributed by atoms with Crippen LogP contribution in [0.5, 0.6) is 0 Å². The maximum absolute atomic E-state index is 12.5. The number of halogens is 2. The molecule has 7 heterocycles. The van der Waals surface area contributed by atoms with Gasteiger partial charge in [0, 0.05) is 124 Å². The largest absolute Gasteiger partial charge is 0.476 e. The Morgan fingerprint density at radius 3 is 1.10 bits per heavy atom. The molecule has 0 aliphatic rings. The number of carbonyl (C=O) groups is 5. The van der Waals surface area contributed by atoms with Crippen molar-refractivity contribution in [3.63, 3.8) is 0 Å². The van der Waals surface area contributed by atoms with Crippen LogP contribution in [0.2, 0.25) is 0 Å². The highest BCUT2D eigenvalue weighted by molar-refractivity contribution is 9.09. The number of para-hydroxylation sites is 8. The number of hydrogen-bond acceptors (Lipinski definition) is 15. The van der Waals surface area contributed by atoms with Crippen molar-refractivity contribution >= 4 is 145 Å². The Kier molecular flexibility index (Phi) is 26.8. The summed E-state index contributed by atoms with van der Waals surface area (Å²) in [5.41, 5.74) is 18.9. The fraction of sp³-hybridized carbons (Fsp3) is 0.114. The molecule has 7 aromatic heterocycles. The average molecular weight is 1580 g/mol. The van der Waals surface area contributed by atoms with E-state index >= 15 is 0 Å². The van der Waals surface area contributed by atoms with E-state index in [1.54, 1.807) is 60.9 Å². The lowest BCUT2D eigenvalue weighted by Gasteiger charge is -2.05. The number of methoxy groups -OCH3 is 1. The number of nitrogens with two attached hydrogens (primary N) is 1. The van der Waals surface area contributed by atoms with Crippen molar-refractivity contribution < 1.29 is 57.3 Å². The van der Waals surface area contributed by atoms with Crippen LogP contribution in [0.4, 0.5) is 0 Å². The Morgan fingerprint density at radius 2 is 0.777 bits per heavy atom. The predicted molar refractivity (Wildman–Crippen MR) is 439 cm³/mol. The number of carboxylic acid groups (broad SMARTS) is 1. The van der Waals surface area contributed by atoms with Gasteiger partial charge in [0.1, 0.15) is 0 Å². The molecule has 24 heteroatoms. The first kappa shape index (κ1) is 79.2. The minimum atomic E-state index is -1.09. The van der Waals surface area contributed by atoms with Gasteiger partial charge in [-0.1, -0.05) is 213 Å². The van der Waals surface area contributed by atoms with Crippen molar-refractivity contribution in [3.05, 3.63) is 317 Å². The number of carbonyl (C=O) groups excluding carboxylic acids is 4. The van der Waals surface area contributed by atoms with Crippen LogP contribution in [0.3, 0.4) is 0 Å². The van der Waals surface area contributed by atoms with Crippen LogP contribution >= 0.6 is 28.3 Å². The van der Waals surface area contributed by atoms with E-state index in [1.807, 2.05) is 109 Å². The maximum Gasteiger partial charge on any atom is 0.360 e. The molecule has 0 atom stereocenters. The Labute approximate surface area is 656 Å². The zero-order valence-electron chi connectivity index (χ0n) is 60.6. The van der Waals surface area contributed by atoms with Crippen molar-refractivity contribution in [1.29, 1.82) is 0 Å². The van der Waals surface area contributed by atoms with E-state index in [-0.39, 0.29) is 47.9 Å². The highest BCUT2D eigenvalue weighted by atomic mass is 79.9. The molecular weight excluding hydrogens is 1500 g/mol. The third-order valence-electron chi connectivity index (χ3n) is 18.0. The van der Waals surface area contributed by atoms with E-state index in [4.69, 9.17) is 47.2 Å². The second kappa shape index (κ2) is 37.8. The van der Waals surface area contributed by atoms with E-state index in [2.05, 4.69) is 169 Å². The van der Waals surface area contributed by atoms with Gasteiger partial charge in [-0.15, -0.1) is 25.3 Å². The van der Waals surface area contributed by atoms with Crippen molar-refractivity contribution in [1.82, 2.24) is 44.5 Å². The van der Waals surface area contributed by atoms with Crippen LogP contribution in [0.15, 0.2) is 274 Å². The molecule has 562 valence electrons. The lowest BCUT2D eigenvalue weighted by molar-refractivity contribution is 0.0512. The van der Waals surface area contributed by atoms with Crippen molar-refractivity contribution in [2.45, 2.75) is 46.2 Å². The average Bonchev–Trinajstić information content (AvgIpc) is 1.63. The Bertz CT molecular complexity index is 6040. The molecule has 0 radical (unpaired) electrons. The minimum absolute atomic E-state index is 0. The Balaban J connectivity index is 0.000000141. The molecule has 0 spiro atoms. The van der Waals surface area contributed by atoms with E-state index in [9.17, 15) is 24.0 Å². The monoisotopic (exact) mass is 1580 g/mol. The van der Waals surface area contributed by atoms with E-state index in [0.717, 1.165) is 65.8 Å².